The van der Waals surface area contributed by atoms with Crippen LogP contribution in [0.2, 0.25) is 5.02 Å². The van der Waals surface area contributed by atoms with Crippen LogP contribution in [-0.2, 0) is 4.79 Å². The van der Waals surface area contributed by atoms with Crippen LogP contribution in [0.4, 0.5) is 4.39 Å². The van der Waals surface area contributed by atoms with Crippen molar-refractivity contribution in [1.82, 2.24) is 19.9 Å². The molecule has 0 amide bonds. The van der Waals surface area contributed by atoms with Gasteiger partial charge in [-0.2, -0.15) is 0 Å². The van der Waals surface area contributed by atoms with Crippen molar-refractivity contribution in [3.8, 4) is 28.5 Å². The lowest BCUT2D eigenvalue weighted by Gasteiger charge is -2.31. The summed E-state index contributed by atoms with van der Waals surface area (Å²) in [6, 6.07) is 10.2. The van der Waals surface area contributed by atoms with Crippen LogP contribution >= 0.6 is 11.6 Å². The molecule has 156 valence electrons. The maximum Gasteiger partial charge on any atom is 0.316 e. The number of carboxylic acids is 1. The molecule has 0 saturated heterocycles. The number of nitrogens with one attached hydrogen (secondary N) is 1. The van der Waals surface area contributed by atoms with Crippen LogP contribution in [0.1, 0.15) is 12.8 Å². The van der Waals surface area contributed by atoms with Crippen LogP contribution in [0.3, 0.4) is 0 Å². The molecule has 2 aromatic heterocycles. The molecule has 2 N–H and O–H groups in total. The van der Waals surface area contributed by atoms with E-state index in [4.69, 9.17) is 21.4 Å². The SMILES string of the molecule is O=C(O)C1CC(Oc2ncc(-c3ccc(-c4nc5ccc(Cl)cc5[nH]4)c(F)c3)cn2)C1. The Labute approximate surface area is 180 Å². The molecular formula is C22H16ClFN4O3. The second kappa shape index (κ2) is 7.63. The highest BCUT2D eigenvalue weighted by Crippen LogP contribution is 2.31. The molecule has 4 aromatic rings. The van der Waals surface area contributed by atoms with Gasteiger partial charge in [0.2, 0.25) is 0 Å². The summed E-state index contributed by atoms with van der Waals surface area (Å²) in [7, 11) is 0. The van der Waals surface area contributed by atoms with Crippen molar-refractivity contribution in [3.63, 3.8) is 0 Å². The molecule has 0 unspecified atom stereocenters. The van der Waals surface area contributed by atoms with Gasteiger partial charge in [-0.3, -0.25) is 4.79 Å². The third-order valence-electron chi connectivity index (χ3n) is 5.35. The smallest absolute Gasteiger partial charge is 0.316 e. The number of imidazole rings is 1. The number of aromatic amines is 1. The number of H-pyrrole nitrogens is 1. The molecule has 2 heterocycles. The van der Waals surface area contributed by atoms with Gasteiger partial charge in [-0.15, -0.1) is 0 Å². The predicted molar refractivity (Wildman–Crippen MR) is 112 cm³/mol. The number of hydrogen-bond donors (Lipinski definition) is 2. The van der Waals surface area contributed by atoms with Crippen LogP contribution in [0, 0.1) is 11.7 Å². The van der Waals surface area contributed by atoms with Crippen molar-refractivity contribution in [3.05, 3.63) is 59.6 Å². The third kappa shape index (κ3) is 3.82. The van der Waals surface area contributed by atoms with Crippen LogP contribution in [0.15, 0.2) is 48.8 Å². The molecule has 0 aliphatic heterocycles. The monoisotopic (exact) mass is 438 g/mol. The lowest BCUT2D eigenvalue weighted by atomic mass is 9.82. The van der Waals surface area contributed by atoms with E-state index in [1.54, 1.807) is 42.7 Å². The predicted octanol–water partition coefficient (Wildman–Crippen LogP) is 4.72. The normalized spacial score (nSPS) is 18.0. The minimum atomic E-state index is -0.812. The van der Waals surface area contributed by atoms with Crippen molar-refractivity contribution in [2.24, 2.45) is 5.92 Å². The van der Waals surface area contributed by atoms with Gasteiger partial charge in [0.15, 0.2) is 0 Å². The molecule has 0 spiro atoms. The van der Waals surface area contributed by atoms with Crippen molar-refractivity contribution in [1.29, 1.82) is 0 Å². The number of carbonyl (C=O) groups is 1. The van der Waals surface area contributed by atoms with Crippen molar-refractivity contribution < 1.29 is 19.0 Å². The molecular weight excluding hydrogens is 423 g/mol. The minimum Gasteiger partial charge on any atom is -0.481 e. The number of rotatable bonds is 5. The number of aromatic nitrogens is 4. The van der Waals surface area contributed by atoms with Crippen LogP contribution < -0.4 is 4.74 Å². The molecule has 0 radical (unpaired) electrons. The standard InChI is InChI=1S/C22H16ClFN4O3/c23-14-2-4-18-19(8-14)28-20(27-18)16-3-1-11(7-17(16)24)13-9-25-22(26-10-13)31-15-5-12(6-15)21(29)30/h1-4,7-10,12,15H,5-6H2,(H,27,28)(H,29,30). The fraction of sp³-hybridized carbons (Fsp3) is 0.182. The summed E-state index contributed by atoms with van der Waals surface area (Å²) in [6.45, 7) is 0. The topological polar surface area (TPSA) is 101 Å². The molecule has 5 rings (SSSR count). The highest BCUT2D eigenvalue weighted by atomic mass is 35.5. The van der Waals surface area contributed by atoms with E-state index in [-0.39, 0.29) is 18.0 Å². The molecule has 7 nitrogen and oxygen atoms in total. The first kappa shape index (κ1) is 19.4. The lowest BCUT2D eigenvalue weighted by Crippen LogP contribution is -2.38. The van der Waals surface area contributed by atoms with Crippen molar-refractivity contribution >= 4 is 28.6 Å². The largest absolute Gasteiger partial charge is 0.481 e. The molecule has 1 saturated carbocycles. The van der Waals surface area contributed by atoms with Crippen molar-refractivity contribution in [2.75, 3.05) is 0 Å². The molecule has 1 aliphatic carbocycles. The van der Waals surface area contributed by atoms with Gasteiger partial charge in [-0.05, 0) is 48.7 Å². The van der Waals surface area contributed by atoms with E-state index in [2.05, 4.69) is 19.9 Å². The number of benzene rings is 2. The van der Waals surface area contributed by atoms with Gasteiger partial charge in [-0.25, -0.2) is 19.3 Å². The number of aliphatic carboxylic acids is 1. The van der Waals surface area contributed by atoms with E-state index in [1.165, 1.54) is 6.07 Å². The Hall–Kier alpha value is -3.52. The second-order valence-electron chi connectivity index (χ2n) is 7.44. The number of halogens is 2. The number of nitrogens with zero attached hydrogens (tertiary/aromatic N) is 3. The lowest BCUT2D eigenvalue weighted by molar-refractivity contribution is -0.148. The van der Waals surface area contributed by atoms with E-state index in [9.17, 15) is 9.18 Å². The first-order valence-corrected chi connectivity index (χ1v) is 10.0. The van der Waals surface area contributed by atoms with Gasteiger partial charge in [-0.1, -0.05) is 17.7 Å². The maximum atomic E-state index is 14.8. The van der Waals surface area contributed by atoms with E-state index >= 15 is 0 Å². The maximum absolute atomic E-state index is 14.8. The molecule has 31 heavy (non-hydrogen) atoms. The van der Waals surface area contributed by atoms with Gasteiger partial charge in [0, 0.05) is 23.0 Å². The summed E-state index contributed by atoms with van der Waals surface area (Å²) in [6.07, 6.45) is 3.80. The zero-order valence-corrected chi connectivity index (χ0v) is 16.8. The van der Waals surface area contributed by atoms with Crippen molar-refractivity contribution in [2.45, 2.75) is 18.9 Å². The summed E-state index contributed by atoms with van der Waals surface area (Å²) in [5.74, 6) is -1.19. The summed E-state index contributed by atoms with van der Waals surface area (Å²) in [4.78, 5) is 26.7. The average molecular weight is 439 g/mol. The third-order valence-corrected chi connectivity index (χ3v) is 5.58. The van der Waals surface area contributed by atoms with Gasteiger partial charge >= 0.3 is 12.0 Å². The fourth-order valence-electron chi connectivity index (χ4n) is 3.53. The second-order valence-corrected chi connectivity index (χ2v) is 7.88. The van der Waals surface area contributed by atoms with Gasteiger partial charge < -0.3 is 14.8 Å². The molecule has 0 atom stereocenters. The Morgan fingerprint density at radius 3 is 2.61 bits per heavy atom. The van der Waals surface area contributed by atoms with Gasteiger partial charge in [0.05, 0.1) is 22.5 Å². The number of hydrogen-bond acceptors (Lipinski definition) is 5. The molecule has 0 bridgehead atoms. The molecule has 2 aromatic carbocycles. The first-order chi connectivity index (χ1) is 15.0. The Morgan fingerprint density at radius 1 is 1.13 bits per heavy atom. The quantitative estimate of drug-likeness (QED) is 0.467. The van der Waals surface area contributed by atoms with E-state index in [0.717, 1.165) is 5.52 Å². The van der Waals surface area contributed by atoms with Crippen LogP contribution in [0.25, 0.3) is 33.5 Å². The van der Waals surface area contributed by atoms with Gasteiger partial charge in [0.25, 0.3) is 0 Å². The Balaban J connectivity index is 1.33. The number of carboxylic acid groups (broad SMARTS) is 1. The zero-order chi connectivity index (χ0) is 21.5. The van der Waals surface area contributed by atoms with Gasteiger partial charge in [0.1, 0.15) is 17.7 Å². The van der Waals surface area contributed by atoms with E-state index < -0.39 is 11.8 Å². The average Bonchev–Trinajstić information content (AvgIpc) is 3.13. The highest BCUT2D eigenvalue weighted by Gasteiger charge is 2.36. The summed E-state index contributed by atoms with van der Waals surface area (Å²) in [5.41, 5.74) is 3.02. The van der Waals surface area contributed by atoms with E-state index in [1.807, 2.05) is 0 Å². The molecule has 1 aliphatic rings. The first-order valence-electron chi connectivity index (χ1n) is 9.63. The summed E-state index contributed by atoms with van der Waals surface area (Å²) < 4.78 is 20.4. The van der Waals surface area contributed by atoms with E-state index in [0.29, 0.717) is 45.9 Å². The number of fused-ring (bicyclic) bond motifs is 1. The fourth-order valence-corrected chi connectivity index (χ4v) is 3.71. The Bertz CT molecular complexity index is 1290. The Morgan fingerprint density at radius 2 is 1.90 bits per heavy atom. The summed E-state index contributed by atoms with van der Waals surface area (Å²) in [5, 5.41) is 9.49. The van der Waals surface area contributed by atoms with Crippen LogP contribution in [0.5, 0.6) is 6.01 Å². The number of ether oxygens (including phenoxy) is 1. The zero-order valence-electron chi connectivity index (χ0n) is 16.0. The Kier molecular flexibility index (Phi) is 4.78. The summed E-state index contributed by atoms with van der Waals surface area (Å²) >= 11 is 6.00. The highest BCUT2D eigenvalue weighted by molar-refractivity contribution is 6.31. The molecule has 1 fully saturated rings. The minimum absolute atomic E-state index is 0.176. The molecule has 9 heteroatoms. The van der Waals surface area contributed by atoms with Crippen LogP contribution in [-0.4, -0.2) is 37.1 Å².